The second-order valence-electron chi connectivity index (χ2n) is 5.23. The number of benzene rings is 2. The third-order valence-corrected chi connectivity index (χ3v) is 3.51. The van der Waals surface area contributed by atoms with Gasteiger partial charge < -0.3 is 9.84 Å². The summed E-state index contributed by atoms with van der Waals surface area (Å²) in [7, 11) is 0. The van der Waals surface area contributed by atoms with Crippen molar-refractivity contribution in [3.8, 4) is 5.75 Å². The van der Waals surface area contributed by atoms with Gasteiger partial charge in [0, 0.05) is 11.5 Å². The van der Waals surface area contributed by atoms with Gasteiger partial charge in [-0.05, 0) is 24.1 Å². The minimum atomic E-state index is 0.173. The SMILES string of the molecule is Cc1cccc(O)c1C(C)/C=C/COCc1ccccc1. The van der Waals surface area contributed by atoms with Gasteiger partial charge in [0.25, 0.3) is 0 Å². The topological polar surface area (TPSA) is 29.5 Å². The lowest BCUT2D eigenvalue weighted by Crippen LogP contribution is -1.96. The molecule has 0 bridgehead atoms. The number of aromatic hydroxyl groups is 1. The van der Waals surface area contributed by atoms with E-state index in [1.54, 1.807) is 6.07 Å². The molecule has 0 saturated carbocycles. The van der Waals surface area contributed by atoms with Crippen molar-refractivity contribution in [2.24, 2.45) is 0 Å². The molecule has 1 atom stereocenters. The minimum absolute atomic E-state index is 0.173. The fraction of sp³-hybridized carbons (Fsp3) is 0.263. The fourth-order valence-corrected chi connectivity index (χ4v) is 2.43. The Morgan fingerprint density at radius 3 is 2.57 bits per heavy atom. The molecule has 2 rings (SSSR count). The number of phenolic OH excluding ortho intramolecular Hbond substituents is 1. The third-order valence-electron chi connectivity index (χ3n) is 3.51. The molecule has 0 fully saturated rings. The number of ether oxygens (including phenoxy) is 1. The highest BCUT2D eigenvalue weighted by Crippen LogP contribution is 2.29. The second-order valence-corrected chi connectivity index (χ2v) is 5.23. The molecule has 1 unspecified atom stereocenters. The van der Waals surface area contributed by atoms with Crippen molar-refractivity contribution in [3.05, 3.63) is 77.4 Å². The number of allylic oxidation sites excluding steroid dienone is 1. The van der Waals surface area contributed by atoms with Crippen molar-refractivity contribution in [2.75, 3.05) is 6.61 Å². The molecule has 2 heteroatoms. The highest BCUT2D eigenvalue weighted by molar-refractivity contribution is 5.42. The number of hydrogen-bond donors (Lipinski definition) is 1. The van der Waals surface area contributed by atoms with Gasteiger partial charge in [-0.25, -0.2) is 0 Å². The summed E-state index contributed by atoms with van der Waals surface area (Å²) in [6.07, 6.45) is 4.09. The molecule has 110 valence electrons. The van der Waals surface area contributed by atoms with Gasteiger partial charge in [-0.2, -0.15) is 0 Å². The summed E-state index contributed by atoms with van der Waals surface area (Å²) in [6.45, 7) is 5.29. The van der Waals surface area contributed by atoms with Crippen LogP contribution in [0.15, 0.2) is 60.7 Å². The van der Waals surface area contributed by atoms with E-state index < -0.39 is 0 Å². The molecule has 0 aliphatic rings. The molecule has 2 aromatic carbocycles. The van der Waals surface area contributed by atoms with Crippen LogP contribution in [-0.2, 0) is 11.3 Å². The van der Waals surface area contributed by atoms with Gasteiger partial charge in [0.15, 0.2) is 0 Å². The Kier molecular flexibility index (Phi) is 5.59. The Morgan fingerprint density at radius 1 is 1.10 bits per heavy atom. The number of phenols is 1. The van der Waals surface area contributed by atoms with Crippen LogP contribution in [-0.4, -0.2) is 11.7 Å². The van der Waals surface area contributed by atoms with Crippen molar-refractivity contribution < 1.29 is 9.84 Å². The summed E-state index contributed by atoms with van der Waals surface area (Å²) in [4.78, 5) is 0. The largest absolute Gasteiger partial charge is 0.508 e. The van der Waals surface area contributed by atoms with Gasteiger partial charge in [-0.15, -0.1) is 0 Å². The lowest BCUT2D eigenvalue weighted by molar-refractivity contribution is 0.148. The zero-order valence-corrected chi connectivity index (χ0v) is 12.6. The first-order valence-corrected chi connectivity index (χ1v) is 7.25. The molecule has 0 saturated heterocycles. The van der Waals surface area contributed by atoms with Crippen molar-refractivity contribution >= 4 is 0 Å². The van der Waals surface area contributed by atoms with E-state index in [0.29, 0.717) is 19.0 Å². The third kappa shape index (κ3) is 4.47. The molecular weight excluding hydrogens is 260 g/mol. The van der Waals surface area contributed by atoms with Gasteiger partial charge in [0.1, 0.15) is 5.75 Å². The maximum atomic E-state index is 9.95. The monoisotopic (exact) mass is 282 g/mol. The predicted octanol–water partition coefficient (Wildman–Crippen LogP) is 4.58. The van der Waals surface area contributed by atoms with E-state index in [0.717, 1.165) is 11.1 Å². The summed E-state index contributed by atoms with van der Waals surface area (Å²) < 4.78 is 5.62. The molecule has 0 aliphatic heterocycles. The fourth-order valence-electron chi connectivity index (χ4n) is 2.43. The molecule has 0 radical (unpaired) electrons. The standard InChI is InChI=1S/C19H22O2/c1-15-8-6-12-18(20)19(15)16(2)9-7-13-21-14-17-10-4-3-5-11-17/h3-12,16,20H,13-14H2,1-2H3/b9-7+. The molecular formula is C19H22O2. The van der Waals surface area contributed by atoms with E-state index in [2.05, 4.69) is 25.1 Å². The van der Waals surface area contributed by atoms with E-state index in [-0.39, 0.29) is 5.92 Å². The molecule has 0 aromatic heterocycles. The Hall–Kier alpha value is -2.06. The molecule has 21 heavy (non-hydrogen) atoms. The van der Waals surface area contributed by atoms with Crippen LogP contribution in [0.2, 0.25) is 0 Å². The lowest BCUT2D eigenvalue weighted by atomic mass is 9.95. The highest BCUT2D eigenvalue weighted by Gasteiger charge is 2.09. The molecule has 0 spiro atoms. The van der Waals surface area contributed by atoms with E-state index in [1.165, 1.54) is 5.56 Å². The van der Waals surface area contributed by atoms with Crippen LogP contribution in [0.1, 0.15) is 29.5 Å². The van der Waals surface area contributed by atoms with Crippen molar-refractivity contribution in [2.45, 2.75) is 26.4 Å². The van der Waals surface area contributed by atoms with Crippen LogP contribution in [0.25, 0.3) is 0 Å². The number of rotatable bonds is 6. The van der Waals surface area contributed by atoms with Crippen molar-refractivity contribution in [1.29, 1.82) is 0 Å². The first-order chi connectivity index (χ1) is 10.2. The normalized spacial score (nSPS) is 12.7. The summed E-state index contributed by atoms with van der Waals surface area (Å²) >= 11 is 0. The molecule has 2 aromatic rings. The Balaban J connectivity index is 1.84. The first-order valence-electron chi connectivity index (χ1n) is 7.25. The van der Waals surface area contributed by atoms with Crippen LogP contribution in [0.5, 0.6) is 5.75 Å². The van der Waals surface area contributed by atoms with Crippen LogP contribution in [0, 0.1) is 6.92 Å². The molecule has 0 amide bonds. The summed E-state index contributed by atoms with van der Waals surface area (Å²) in [5.74, 6) is 0.531. The second kappa shape index (κ2) is 7.65. The van der Waals surface area contributed by atoms with Crippen molar-refractivity contribution in [3.63, 3.8) is 0 Å². The predicted molar refractivity (Wildman–Crippen MR) is 86.5 cm³/mol. The minimum Gasteiger partial charge on any atom is -0.508 e. The van der Waals surface area contributed by atoms with Gasteiger partial charge in [0.05, 0.1) is 13.2 Å². The van der Waals surface area contributed by atoms with Gasteiger partial charge in [-0.3, -0.25) is 0 Å². The highest BCUT2D eigenvalue weighted by atomic mass is 16.5. The Bertz CT molecular complexity index is 568. The first kappa shape index (κ1) is 15.3. The molecule has 2 nitrogen and oxygen atoms in total. The summed E-state index contributed by atoms with van der Waals surface area (Å²) in [5, 5.41) is 9.95. The van der Waals surface area contributed by atoms with Gasteiger partial charge in [-0.1, -0.05) is 61.5 Å². The van der Waals surface area contributed by atoms with E-state index in [4.69, 9.17) is 4.74 Å². The molecule has 0 aliphatic carbocycles. The lowest BCUT2D eigenvalue weighted by Gasteiger charge is -2.12. The summed E-state index contributed by atoms with van der Waals surface area (Å²) in [6, 6.07) is 15.8. The Labute approximate surface area is 126 Å². The van der Waals surface area contributed by atoms with E-state index in [1.807, 2.05) is 43.3 Å². The van der Waals surface area contributed by atoms with Crippen LogP contribution >= 0.6 is 0 Å². The van der Waals surface area contributed by atoms with E-state index in [9.17, 15) is 5.11 Å². The zero-order chi connectivity index (χ0) is 15.1. The van der Waals surface area contributed by atoms with Gasteiger partial charge in [0.2, 0.25) is 0 Å². The van der Waals surface area contributed by atoms with E-state index >= 15 is 0 Å². The van der Waals surface area contributed by atoms with Crippen LogP contribution in [0.4, 0.5) is 0 Å². The summed E-state index contributed by atoms with van der Waals surface area (Å²) in [5.41, 5.74) is 3.27. The quantitative estimate of drug-likeness (QED) is 0.621. The smallest absolute Gasteiger partial charge is 0.119 e. The Morgan fingerprint density at radius 2 is 1.86 bits per heavy atom. The van der Waals surface area contributed by atoms with Gasteiger partial charge >= 0.3 is 0 Å². The van der Waals surface area contributed by atoms with Crippen LogP contribution in [0.3, 0.4) is 0 Å². The molecule has 1 N–H and O–H groups in total. The van der Waals surface area contributed by atoms with Crippen molar-refractivity contribution in [1.82, 2.24) is 0 Å². The average molecular weight is 282 g/mol. The van der Waals surface area contributed by atoms with Crippen LogP contribution < -0.4 is 0 Å². The average Bonchev–Trinajstić information content (AvgIpc) is 2.48. The molecule has 0 heterocycles. The zero-order valence-electron chi connectivity index (χ0n) is 12.6. The number of aryl methyl sites for hydroxylation is 1. The number of hydrogen-bond acceptors (Lipinski definition) is 2. The maximum Gasteiger partial charge on any atom is 0.119 e. The maximum absolute atomic E-state index is 9.95.